The second-order valence-electron chi connectivity index (χ2n) is 4.08. The van der Waals surface area contributed by atoms with Gasteiger partial charge in [-0.05, 0) is 25.7 Å². The smallest absolute Gasteiger partial charge is 0.160 e. The van der Waals surface area contributed by atoms with Crippen molar-refractivity contribution in [2.24, 2.45) is 5.84 Å². The Morgan fingerprint density at radius 1 is 1.19 bits per heavy atom. The van der Waals surface area contributed by atoms with Gasteiger partial charge >= 0.3 is 0 Å². The minimum Gasteiger partial charge on any atom is -0.393 e. The summed E-state index contributed by atoms with van der Waals surface area (Å²) in [5.41, 5.74) is 2.46. The maximum atomic E-state index is 9.39. The first-order valence-corrected chi connectivity index (χ1v) is 5.51. The fourth-order valence-corrected chi connectivity index (χ4v) is 1.93. The molecule has 6 nitrogen and oxygen atoms in total. The van der Waals surface area contributed by atoms with Gasteiger partial charge in [-0.15, -0.1) is 0 Å². The number of nitrogen functional groups attached to an aromatic ring is 1. The Morgan fingerprint density at radius 2 is 1.88 bits per heavy atom. The fourth-order valence-electron chi connectivity index (χ4n) is 1.93. The maximum Gasteiger partial charge on any atom is 0.160 e. The molecule has 0 bridgehead atoms. The number of aliphatic hydroxyl groups excluding tert-OH is 1. The molecule has 0 atom stereocenters. The molecule has 2 rings (SSSR count). The number of rotatable bonds is 3. The Bertz CT molecular complexity index is 338. The van der Waals surface area contributed by atoms with Gasteiger partial charge in [0.2, 0.25) is 0 Å². The number of hydrogen-bond acceptors (Lipinski definition) is 6. The number of aromatic nitrogens is 2. The zero-order valence-corrected chi connectivity index (χ0v) is 9.06. The van der Waals surface area contributed by atoms with Crippen molar-refractivity contribution in [3.63, 3.8) is 0 Å². The SMILES string of the molecule is NNc1cncc(NC2CCC(O)CC2)n1. The first-order chi connectivity index (χ1) is 7.78. The van der Waals surface area contributed by atoms with Crippen LogP contribution < -0.4 is 16.6 Å². The van der Waals surface area contributed by atoms with Gasteiger partial charge in [0, 0.05) is 6.04 Å². The van der Waals surface area contributed by atoms with Crippen LogP contribution in [-0.4, -0.2) is 27.2 Å². The Morgan fingerprint density at radius 3 is 2.56 bits per heavy atom. The lowest BCUT2D eigenvalue weighted by Crippen LogP contribution is -2.28. The van der Waals surface area contributed by atoms with Crippen LogP contribution in [-0.2, 0) is 0 Å². The van der Waals surface area contributed by atoms with Crippen LogP contribution in [0.15, 0.2) is 12.4 Å². The predicted octanol–water partition coefficient (Wildman–Crippen LogP) is 0.478. The lowest BCUT2D eigenvalue weighted by atomic mass is 9.93. The third-order valence-corrected chi connectivity index (χ3v) is 2.83. The predicted molar refractivity (Wildman–Crippen MR) is 61.7 cm³/mol. The van der Waals surface area contributed by atoms with Crippen LogP contribution in [0.5, 0.6) is 0 Å². The van der Waals surface area contributed by atoms with Gasteiger partial charge in [-0.3, -0.25) is 4.98 Å². The Kier molecular flexibility index (Phi) is 3.53. The molecule has 5 N–H and O–H groups in total. The van der Waals surface area contributed by atoms with Crippen LogP contribution in [0.1, 0.15) is 25.7 Å². The van der Waals surface area contributed by atoms with E-state index in [0.717, 1.165) is 31.5 Å². The summed E-state index contributed by atoms with van der Waals surface area (Å²) >= 11 is 0. The molecule has 0 aromatic carbocycles. The molecular weight excluding hydrogens is 206 g/mol. The van der Waals surface area contributed by atoms with E-state index >= 15 is 0 Å². The molecule has 1 aliphatic rings. The summed E-state index contributed by atoms with van der Waals surface area (Å²) in [4.78, 5) is 8.25. The molecule has 0 amide bonds. The normalized spacial score (nSPS) is 25.1. The van der Waals surface area contributed by atoms with Gasteiger partial charge in [-0.25, -0.2) is 10.8 Å². The van der Waals surface area contributed by atoms with Crippen molar-refractivity contribution in [3.05, 3.63) is 12.4 Å². The number of hydrazine groups is 1. The van der Waals surface area contributed by atoms with Gasteiger partial charge in [-0.2, -0.15) is 0 Å². The van der Waals surface area contributed by atoms with Gasteiger partial charge in [-0.1, -0.05) is 0 Å². The van der Waals surface area contributed by atoms with Crippen molar-refractivity contribution in [2.45, 2.75) is 37.8 Å². The van der Waals surface area contributed by atoms with E-state index in [1.165, 1.54) is 0 Å². The van der Waals surface area contributed by atoms with Crippen molar-refractivity contribution in [3.8, 4) is 0 Å². The van der Waals surface area contributed by atoms with E-state index < -0.39 is 0 Å². The average molecular weight is 223 g/mol. The highest BCUT2D eigenvalue weighted by Crippen LogP contribution is 2.21. The van der Waals surface area contributed by atoms with Crippen molar-refractivity contribution < 1.29 is 5.11 Å². The molecule has 0 unspecified atom stereocenters. The van der Waals surface area contributed by atoms with Crippen LogP contribution in [0.4, 0.5) is 11.6 Å². The van der Waals surface area contributed by atoms with Gasteiger partial charge < -0.3 is 15.8 Å². The summed E-state index contributed by atoms with van der Waals surface area (Å²) in [5, 5.41) is 12.7. The summed E-state index contributed by atoms with van der Waals surface area (Å²) in [6, 6.07) is 0.366. The van der Waals surface area contributed by atoms with Gasteiger partial charge in [0.25, 0.3) is 0 Å². The van der Waals surface area contributed by atoms with E-state index in [0.29, 0.717) is 11.9 Å². The summed E-state index contributed by atoms with van der Waals surface area (Å²) in [5.74, 6) is 6.52. The summed E-state index contributed by atoms with van der Waals surface area (Å²) in [7, 11) is 0. The van der Waals surface area contributed by atoms with Crippen LogP contribution in [0, 0.1) is 0 Å². The minimum atomic E-state index is -0.138. The van der Waals surface area contributed by atoms with Crippen molar-refractivity contribution >= 4 is 11.6 Å². The van der Waals surface area contributed by atoms with Crippen molar-refractivity contribution in [2.75, 3.05) is 10.7 Å². The van der Waals surface area contributed by atoms with Gasteiger partial charge in [0.15, 0.2) is 5.82 Å². The number of nitrogens with one attached hydrogen (secondary N) is 2. The maximum absolute atomic E-state index is 9.39. The number of nitrogens with two attached hydrogens (primary N) is 1. The first-order valence-electron chi connectivity index (χ1n) is 5.51. The Labute approximate surface area is 94.3 Å². The number of anilines is 2. The van der Waals surface area contributed by atoms with Crippen LogP contribution in [0.3, 0.4) is 0 Å². The number of hydrogen-bond donors (Lipinski definition) is 4. The zero-order valence-electron chi connectivity index (χ0n) is 9.06. The molecule has 1 aromatic rings. The topological polar surface area (TPSA) is 96.1 Å². The molecule has 1 aliphatic carbocycles. The van der Waals surface area contributed by atoms with E-state index in [4.69, 9.17) is 5.84 Å². The summed E-state index contributed by atoms with van der Waals surface area (Å²) < 4.78 is 0. The average Bonchev–Trinajstić information content (AvgIpc) is 2.32. The second kappa shape index (κ2) is 5.09. The Hall–Kier alpha value is -1.40. The standard InChI is InChI=1S/C10H17N5O/c11-15-10-6-12-5-9(14-10)13-7-1-3-8(16)4-2-7/h5-8,16H,1-4,11H2,(H2,13,14,15). The van der Waals surface area contributed by atoms with E-state index in [-0.39, 0.29) is 6.10 Å². The minimum absolute atomic E-state index is 0.138. The molecule has 0 saturated heterocycles. The molecule has 88 valence electrons. The molecule has 0 spiro atoms. The van der Waals surface area contributed by atoms with Crippen LogP contribution in [0.2, 0.25) is 0 Å². The van der Waals surface area contributed by atoms with Crippen LogP contribution in [0.25, 0.3) is 0 Å². The molecule has 6 heteroatoms. The second-order valence-corrected chi connectivity index (χ2v) is 4.08. The third-order valence-electron chi connectivity index (χ3n) is 2.83. The zero-order chi connectivity index (χ0) is 11.4. The Balaban J connectivity index is 1.93. The van der Waals surface area contributed by atoms with Crippen molar-refractivity contribution in [1.82, 2.24) is 9.97 Å². The highest BCUT2D eigenvalue weighted by molar-refractivity contribution is 5.41. The number of nitrogens with zero attached hydrogens (tertiary/aromatic N) is 2. The van der Waals surface area contributed by atoms with E-state index in [9.17, 15) is 5.11 Å². The van der Waals surface area contributed by atoms with E-state index in [2.05, 4.69) is 20.7 Å². The first kappa shape index (κ1) is 11.1. The third kappa shape index (κ3) is 2.80. The largest absolute Gasteiger partial charge is 0.393 e. The monoisotopic (exact) mass is 223 g/mol. The molecule has 1 saturated carbocycles. The molecule has 1 heterocycles. The van der Waals surface area contributed by atoms with Crippen molar-refractivity contribution in [1.29, 1.82) is 0 Å². The molecular formula is C10H17N5O. The molecule has 1 aromatic heterocycles. The van der Waals surface area contributed by atoms with Gasteiger partial charge in [0.05, 0.1) is 18.5 Å². The fraction of sp³-hybridized carbons (Fsp3) is 0.600. The summed E-state index contributed by atoms with van der Waals surface area (Å²) in [6.07, 6.45) is 6.72. The lowest BCUT2D eigenvalue weighted by Gasteiger charge is -2.26. The molecule has 1 fully saturated rings. The van der Waals surface area contributed by atoms with Crippen LogP contribution >= 0.6 is 0 Å². The highest BCUT2D eigenvalue weighted by atomic mass is 16.3. The quantitative estimate of drug-likeness (QED) is 0.439. The molecule has 0 aliphatic heterocycles. The van der Waals surface area contributed by atoms with E-state index in [1.54, 1.807) is 12.4 Å². The van der Waals surface area contributed by atoms with Gasteiger partial charge in [0.1, 0.15) is 5.82 Å². The number of aliphatic hydroxyl groups is 1. The summed E-state index contributed by atoms with van der Waals surface area (Å²) in [6.45, 7) is 0. The van der Waals surface area contributed by atoms with E-state index in [1.807, 2.05) is 0 Å². The highest BCUT2D eigenvalue weighted by Gasteiger charge is 2.19. The lowest BCUT2D eigenvalue weighted by molar-refractivity contribution is 0.126. The molecule has 16 heavy (non-hydrogen) atoms. The molecule has 0 radical (unpaired) electrons.